The molecule has 114 valence electrons. The summed E-state index contributed by atoms with van der Waals surface area (Å²) in [5.74, 6) is -0.391. The lowest BCUT2D eigenvalue weighted by Crippen LogP contribution is -2.40. The number of carbonyl (C=O) groups is 1. The van der Waals surface area contributed by atoms with E-state index in [0.29, 0.717) is 13.2 Å². The number of carbonyl (C=O) groups excluding carboxylic acids is 1. The van der Waals surface area contributed by atoms with Crippen LogP contribution in [0.1, 0.15) is 23.2 Å². The van der Waals surface area contributed by atoms with Crippen molar-refractivity contribution in [2.45, 2.75) is 18.9 Å². The molecule has 0 saturated carbocycles. The summed E-state index contributed by atoms with van der Waals surface area (Å²) in [6, 6.07) is 2.56. The molecule has 1 aliphatic heterocycles. The van der Waals surface area contributed by atoms with Gasteiger partial charge in [0.2, 0.25) is 0 Å². The van der Waals surface area contributed by atoms with Crippen molar-refractivity contribution in [1.29, 1.82) is 0 Å². The van der Waals surface area contributed by atoms with E-state index in [4.69, 9.17) is 16.3 Å². The molecule has 1 heterocycles. The molecule has 0 spiro atoms. The van der Waals surface area contributed by atoms with Crippen LogP contribution in [0.25, 0.3) is 0 Å². The number of nitro groups is 1. The van der Waals surface area contributed by atoms with Crippen molar-refractivity contribution in [2.75, 3.05) is 25.6 Å². The maximum Gasteiger partial charge on any atom is 0.294 e. The SMILES string of the molecule is CNc1c(Cl)cc(C(=O)NC2CCCOC2)cc1[N+](=O)[O-]. The molecule has 1 saturated heterocycles. The van der Waals surface area contributed by atoms with Crippen LogP contribution in [-0.4, -0.2) is 37.1 Å². The van der Waals surface area contributed by atoms with Crippen LogP contribution in [-0.2, 0) is 4.74 Å². The van der Waals surface area contributed by atoms with E-state index < -0.39 is 10.8 Å². The Balaban J connectivity index is 2.22. The number of hydrogen-bond donors (Lipinski definition) is 2. The van der Waals surface area contributed by atoms with Gasteiger partial charge in [-0.15, -0.1) is 0 Å². The third-order valence-electron chi connectivity index (χ3n) is 3.27. The third kappa shape index (κ3) is 3.62. The van der Waals surface area contributed by atoms with Crippen molar-refractivity contribution in [2.24, 2.45) is 0 Å². The number of rotatable bonds is 4. The summed E-state index contributed by atoms with van der Waals surface area (Å²) in [6.07, 6.45) is 1.71. The van der Waals surface area contributed by atoms with E-state index in [1.165, 1.54) is 19.2 Å². The molecule has 0 aliphatic carbocycles. The van der Waals surface area contributed by atoms with Gasteiger partial charge in [0.1, 0.15) is 5.69 Å². The van der Waals surface area contributed by atoms with Crippen LogP contribution < -0.4 is 10.6 Å². The second kappa shape index (κ2) is 6.73. The van der Waals surface area contributed by atoms with Gasteiger partial charge in [0.15, 0.2) is 0 Å². The molecule has 2 rings (SSSR count). The van der Waals surface area contributed by atoms with Crippen molar-refractivity contribution in [3.8, 4) is 0 Å². The Morgan fingerprint density at radius 1 is 1.52 bits per heavy atom. The summed E-state index contributed by atoms with van der Waals surface area (Å²) in [4.78, 5) is 22.7. The molecule has 2 N–H and O–H groups in total. The van der Waals surface area contributed by atoms with Gasteiger partial charge in [-0.2, -0.15) is 0 Å². The van der Waals surface area contributed by atoms with Crippen LogP contribution in [0.4, 0.5) is 11.4 Å². The second-order valence-electron chi connectivity index (χ2n) is 4.75. The molecule has 8 heteroatoms. The zero-order valence-corrected chi connectivity index (χ0v) is 12.3. The lowest BCUT2D eigenvalue weighted by atomic mass is 10.1. The van der Waals surface area contributed by atoms with Gasteiger partial charge in [-0.1, -0.05) is 11.6 Å². The van der Waals surface area contributed by atoms with Crippen molar-refractivity contribution >= 4 is 28.9 Å². The summed E-state index contributed by atoms with van der Waals surface area (Å²) in [5, 5.41) is 16.7. The van der Waals surface area contributed by atoms with Gasteiger partial charge in [0.25, 0.3) is 11.6 Å². The predicted molar refractivity (Wildman–Crippen MR) is 79.0 cm³/mol. The molecule has 7 nitrogen and oxygen atoms in total. The molecular formula is C13H16ClN3O4. The lowest BCUT2D eigenvalue weighted by Gasteiger charge is -2.23. The van der Waals surface area contributed by atoms with E-state index in [9.17, 15) is 14.9 Å². The molecule has 1 amide bonds. The first-order chi connectivity index (χ1) is 10.0. The lowest BCUT2D eigenvalue weighted by molar-refractivity contribution is -0.383. The highest BCUT2D eigenvalue weighted by Crippen LogP contribution is 2.33. The van der Waals surface area contributed by atoms with Crippen LogP contribution in [0.3, 0.4) is 0 Å². The fraction of sp³-hybridized carbons (Fsp3) is 0.462. The highest BCUT2D eigenvalue weighted by atomic mass is 35.5. The van der Waals surface area contributed by atoms with Gasteiger partial charge in [0, 0.05) is 25.3 Å². The smallest absolute Gasteiger partial charge is 0.294 e. The van der Waals surface area contributed by atoms with Crippen molar-refractivity contribution in [3.05, 3.63) is 32.8 Å². The van der Waals surface area contributed by atoms with E-state index in [1.807, 2.05) is 0 Å². The average molecular weight is 314 g/mol. The summed E-state index contributed by atoms with van der Waals surface area (Å²) < 4.78 is 5.28. The maximum atomic E-state index is 12.2. The standard InChI is InChI=1S/C13H16ClN3O4/c1-15-12-10(14)5-8(6-11(12)17(19)20)13(18)16-9-3-2-4-21-7-9/h5-6,9,15H,2-4,7H2,1H3,(H,16,18). The Bertz CT molecular complexity index is 559. The molecule has 1 atom stereocenters. The molecule has 1 aromatic carbocycles. The van der Waals surface area contributed by atoms with Gasteiger partial charge in [-0.3, -0.25) is 14.9 Å². The molecule has 1 unspecified atom stereocenters. The summed E-state index contributed by atoms with van der Waals surface area (Å²) in [5.41, 5.74) is 0.130. The normalized spacial score (nSPS) is 18.1. The summed E-state index contributed by atoms with van der Waals surface area (Å²) in [7, 11) is 1.54. The number of nitrogens with one attached hydrogen (secondary N) is 2. The number of amides is 1. The first-order valence-electron chi connectivity index (χ1n) is 6.57. The van der Waals surface area contributed by atoms with Gasteiger partial charge in [-0.05, 0) is 18.9 Å². The topological polar surface area (TPSA) is 93.5 Å². The van der Waals surface area contributed by atoms with Crippen LogP contribution in [0.15, 0.2) is 12.1 Å². The Kier molecular flexibility index (Phi) is 4.98. The number of nitrogens with zero attached hydrogens (tertiary/aromatic N) is 1. The van der Waals surface area contributed by atoms with Gasteiger partial charge in [0.05, 0.1) is 22.6 Å². The number of nitro benzene ring substituents is 1. The van der Waals surface area contributed by atoms with E-state index in [-0.39, 0.29) is 28.0 Å². The fourth-order valence-electron chi connectivity index (χ4n) is 2.24. The van der Waals surface area contributed by atoms with E-state index in [1.54, 1.807) is 0 Å². The first-order valence-corrected chi connectivity index (χ1v) is 6.95. The molecule has 1 aromatic rings. The molecule has 0 aromatic heterocycles. The first kappa shape index (κ1) is 15.5. The van der Waals surface area contributed by atoms with Crippen LogP contribution in [0.5, 0.6) is 0 Å². The minimum Gasteiger partial charge on any atom is -0.381 e. The largest absolute Gasteiger partial charge is 0.381 e. The van der Waals surface area contributed by atoms with E-state index in [2.05, 4.69) is 10.6 Å². The Hall–Kier alpha value is -1.86. The van der Waals surface area contributed by atoms with E-state index >= 15 is 0 Å². The Morgan fingerprint density at radius 3 is 2.86 bits per heavy atom. The Morgan fingerprint density at radius 2 is 2.29 bits per heavy atom. The van der Waals surface area contributed by atoms with E-state index in [0.717, 1.165) is 12.8 Å². The fourth-order valence-corrected chi connectivity index (χ4v) is 2.55. The molecule has 1 fully saturated rings. The zero-order chi connectivity index (χ0) is 15.4. The van der Waals surface area contributed by atoms with Crippen molar-refractivity contribution in [3.63, 3.8) is 0 Å². The zero-order valence-electron chi connectivity index (χ0n) is 11.5. The molecule has 21 heavy (non-hydrogen) atoms. The average Bonchev–Trinajstić information content (AvgIpc) is 2.47. The highest BCUT2D eigenvalue weighted by Gasteiger charge is 2.22. The van der Waals surface area contributed by atoms with Crippen molar-refractivity contribution in [1.82, 2.24) is 5.32 Å². The number of ether oxygens (including phenoxy) is 1. The van der Waals surface area contributed by atoms with Gasteiger partial charge < -0.3 is 15.4 Å². The number of halogens is 1. The van der Waals surface area contributed by atoms with Gasteiger partial charge in [-0.25, -0.2) is 0 Å². The summed E-state index contributed by atoms with van der Waals surface area (Å²) in [6.45, 7) is 1.15. The second-order valence-corrected chi connectivity index (χ2v) is 5.15. The Labute approximate surface area is 126 Å². The van der Waals surface area contributed by atoms with Crippen LogP contribution >= 0.6 is 11.6 Å². The minimum absolute atomic E-state index is 0.0759. The molecule has 0 radical (unpaired) electrons. The van der Waals surface area contributed by atoms with Gasteiger partial charge >= 0.3 is 0 Å². The summed E-state index contributed by atoms with van der Waals surface area (Å²) >= 11 is 5.99. The molecule has 1 aliphatic rings. The molecular weight excluding hydrogens is 298 g/mol. The monoisotopic (exact) mass is 313 g/mol. The third-order valence-corrected chi connectivity index (χ3v) is 3.57. The number of hydrogen-bond acceptors (Lipinski definition) is 5. The van der Waals surface area contributed by atoms with Crippen LogP contribution in [0, 0.1) is 10.1 Å². The van der Waals surface area contributed by atoms with Crippen molar-refractivity contribution < 1.29 is 14.5 Å². The maximum absolute atomic E-state index is 12.2. The molecule has 0 bridgehead atoms. The minimum atomic E-state index is -0.571. The quantitative estimate of drug-likeness (QED) is 0.656. The predicted octanol–water partition coefficient (Wildman–Crippen LogP) is 2.20. The highest BCUT2D eigenvalue weighted by molar-refractivity contribution is 6.34. The van der Waals surface area contributed by atoms with Crippen LogP contribution in [0.2, 0.25) is 5.02 Å². The number of anilines is 1. The number of benzene rings is 1.